The number of hydrogen-bond donors (Lipinski definition) is 3. The van der Waals surface area contributed by atoms with E-state index in [1.54, 1.807) is 6.08 Å². The molecule has 0 saturated carbocycles. The zero-order chi connectivity index (χ0) is 8.27. The van der Waals surface area contributed by atoms with Gasteiger partial charge in [-0.25, -0.2) is 0 Å². The minimum Gasteiger partial charge on any atom is -0.393 e. The van der Waals surface area contributed by atoms with E-state index in [-0.39, 0.29) is 0 Å². The van der Waals surface area contributed by atoms with Gasteiger partial charge >= 0.3 is 0 Å². The lowest BCUT2D eigenvalue weighted by atomic mass is 10.0. The molecule has 0 heterocycles. The van der Waals surface area contributed by atoms with E-state index in [1.165, 1.54) is 6.08 Å². The third-order valence-electron chi connectivity index (χ3n) is 1.86. The van der Waals surface area contributed by atoms with Gasteiger partial charge in [0.05, 0.1) is 18.3 Å². The van der Waals surface area contributed by atoms with Crippen LogP contribution in [0, 0.1) is 0 Å². The fourth-order valence-electron chi connectivity index (χ4n) is 1.19. The number of hydrogen-bond acceptors (Lipinski definition) is 3. The van der Waals surface area contributed by atoms with E-state index in [9.17, 15) is 5.11 Å². The van der Waals surface area contributed by atoms with Crippen molar-refractivity contribution in [2.24, 2.45) is 0 Å². The average Bonchev–Trinajstić information content (AvgIpc) is 1.95. The summed E-state index contributed by atoms with van der Waals surface area (Å²) in [5.41, 5.74) is 0. The molecule has 64 valence electrons. The molecule has 1 aliphatic carbocycles. The lowest BCUT2D eigenvalue weighted by Gasteiger charge is -2.17. The minimum atomic E-state index is -0.611. The Hall–Kier alpha value is -0.380. The van der Waals surface area contributed by atoms with Gasteiger partial charge in [-0.15, -0.1) is 0 Å². The molecule has 11 heavy (non-hydrogen) atoms. The largest absolute Gasteiger partial charge is 0.393 e. The van der Waals surface area contributed by atoms with Gasteiger partial charge in [-0.2, -0.15) is 0 Å². The highest BCUT2D eigenvalue weighted by atomic mass is 16.3. The van der Waals surface area contributed by atoms with E-state index < -0.39 is 18.3 Å². The van der Waals surface area contributed by atoms with E-state index >= 15 is 0 Å². The van der Waals surface area contributed by atoms with Crippen molar-refractivity contribution in [2.75, 3.05) is 0 Å². The monoisotopic (exact) mass is 158 g/mol. The van der Waals surface area contributed by atoms with Gasteiger partial charge in [-0.05, 0) is 12.8 Å². The van der Waals surface area contributed by atoms with Crippen molar-refractivity contribution in [3.8, 4) is 0 Å². The van der Waals surface area contributed by atoms with Crippen LogP contribution in [0.25, 0.3) is 0 Å². The Morgan fingerprint density at radius 3 is 2.27 bits per heavy atom. The molecule has 3 heteroatoms. The van der Waals surface area contributed by atoms with E-state index in [2.05, 4.69) is 0 Å². The zero-order valence-electron chi connectivity index (χ0n) is 6.35. The third kappa shape index (κ3) is 3.01. The predicted octanol–water partition coefficient (Wildman–Crippen LogP) is -0.191. The predicted molar refractivity (Wildman–Crippen MR) is 41.0 cm³/mol. The van der Waals surface area contributed by atoms with Crippen molar-refractivity contribution < 1.29 is 15.3 Å². The SMILES string of the molecule is OC1/C=C/C(O)CC(O)CC1. The van der Waals surface area contributed by atoms with Gasteiger partial charge in [-0.1, -0.05) is 12.2 Å². The second-order valence-corrected chi connectivity index (χ2v) is 2.99. The molecule has 0 aromatic carbocycles. The number of rotatable bonds is 0. The van der Waals surface area contributed by atoms with Crippen LogP contribution in [-0.4, -0.2) is 33.6 Å². The van der Waals surface area contributed by atoms with Crippen LogP contribution in [0.1, 0.15) is 19.3 Å². The topological polar surface area (TPSA) is 60.7 Å². The van der Waals surface area contributed by atoms with Gasteiger partial charge in [0.2, 0.25) is 0 Å². The van der Waals surface area contributed by atoms with Crippen LogP contribution < -0.4 is 0 Å². The van der Waals surface area contributed by atoms with Crippen molar-refractivity contribution in [3.63, 3.8) is 0 Å². The molecule has 0 saturated heterocycles. The van der Waals surface area contributed by atoms with Gasteiger partial charge < -0.3 is 15.3 Å². The van der Waals surface area contributed by atoms with E-state index in [4.69, 9.17) is 10.2 Å². The molecule has 0 aromatic rings. The summed E-state index contributed by atoms with van der Waals surface area (Å²) >= 11 is 0. The van der Waals surface area contributed by atoms with Crippen LogP contribution in [0.2, 0.25) is 0 Å². The smallest absolute Gasteiger partial charge is 0.0746 e. The van der Waals surface area contributed by atoms with Crippen molar-refractivity contribution in [1.29, 1.82) is 0 Å². The van der Waals surface area contributed by atoms with E-state index in [1.807, 2.05) is 0 Å². The first-order valence-electron chi connectivity index (χ1n) is 3.91. The van der Waals surface area contributed by atoms with Crippen molar-refractivity contribution in [1.82, 2.24) is 0 Å². The van der Waals surface area contributed by atoms with Gasteiger partial charge in [0.25, 0.3) is 0 Å². The summed E-state index contributed by atoms with van der Waals surface area (Å²) in [6, 6.07) is 0. The fraction of sp³-hybridized carbons (Fsp3) is 0.750. The van der Waals surface area contributed by atoms with Gasteiger partial charge in [0.1, 0.15) is 0 Å². The maximum Gasteiger partial charge on any atom is 0.0746 e. The maximum absolute atomic E-state index is 9.20. The fourth-order valence-corrected chi connectivity index (χ4v) is 1.19. The molecule has 3 nitrogen and oxygen atoms in total. The second-order valence-electron chi connectivity index (χ2n) is 2.99. The van der Waals surface area contributed by atoms with Crippen LogP contribution in [-0.2, 0) is 0 Å². The van der Waals surface area contributed by atoms with E-state index in [0.717, 1.165) is 0 Å². The Morgan fingerprint density at radius 1 is 0.909 bits per heavy atom. The Morgan fingerprint density at radius 2 is 1.55 bits per heavy atom. The van der Waals surface area contributed by atoms with E-state index in [0.29, 0.717) is 19.3 Å². The minimum absolute atomic E-state index is 0.378. The molecule has 0 fully saturated rings. The van der Waals surface area contributed by atoms with Crippen molar-refractivity contribution in [3.05, 3.63) is 12.2 Å². The summed E-state index contributed by atoms with van der Waals surface area (Å²) in [5, 5.41) is 27.5. The van der Waals surface area contributed by atoms with Gasteiger partial charge in [0.15, 0.2) is 0 Å². The van der Waals surface area contributed by atoms with Crippen LogP contribution in [0.15, 0.2) is 12.2 Å². The van der Waals surface area contributed by atoms with Crippen molar-refractivity contribution >= 4 is 0 Å². The first kappa shape index (κ1) is 8.71. The number of aliphatic hydroxyl groups is 3. The Bertz CT molecular complexity index is 144. The molecule has 3 unspecified atom stereocenters. The molecule has 3 atom stereocenters. The normalized spacial score (nSPS) is 42.6. The molecule has 0 aromatic heterocycles. The summed E-state index contributed by atoms with van der Waals surface area (Å²) < 4.78 is 0. The van der Waals surface area contributed by atoms with Crippen LogP contribution in [0.3, 0.4) is 0 Å². The molecule has 1 rings (SSSR count). The van der Waals surface area contributed by atoms with Crippen LogP contribution >= 0.6 is 0 Å². The molecule has 0 bridgehead atoms. The lowest BCUT2D eigenvalue weighted by Crippen LogP contribution is -2.20. The highest BCUT2D eigenvalue weighted by Crippen LogP contribution is 2.12. The molecule has 1 aliphatic rings. The quantitative estimate of drug-likeness (QED) is 0.428. The third-order valence-corrected chi connectivity index (χ3v) is 1.86. The van der Waals surface area contributed by atoms with Gasteiger partial charge in [-0.3, -0.25) is 0 Å². The highest BCUT2D eigenvalue weighted by Gasteiger charge is 2.14. The molecule has 0 amide bonds. The van der Waals surface area contributed by atoms with Crippen molar-refractivity contribution in [2.45, 2.75) is 37.6 Å². The molecule has 0 radical (unpaired) electrons. The highest BCUT2D eigenvalue weighted by molar-refractivity contribution is 4.96. The summed E-state index contributed by atoms with van der Waals surface area (Å²) in [6.07, 6.45) is 3.02. The summed E-state index contributed by atoms with van der Waals surface area (Å²) in [7, 11) is 0. The number of aliphatic hydroxyl groups excluding tert-OH is 3. The maximum atomic E-state index is 9.20. The summed E-state index contributed by atoms with van der Waals surface area (Å²) in [6.45, 7) is 0. The summed E-state index contributed by atoms with van der Waals surface area (Å²) in [4.78, 5) is 0. The molecular weight excluding hydrogens is 144 g/mol. The Labute approximate surface area is 66.0 Å². The first-order valence-corrected chi connectivity index (χ1v) is 3.91. The first-order chi connectivity index (χ1) is 5.18. The molecule has 3 N–H and O–H groups in total. The Kier molecular flexibility index (Phi) is 3.05. The Balaban J connectivity index is 2.50. The van der Waals surface area contributed by atoms with Crippen LogP contribution in [0.4, 0.5) is 0 Å². The average molecular weight is 158 g/mol. The molecule has 0 spiro atoms. The van der Waals surface area contributed by atoms with Crippen LogP contribution in [0.5, 0.6) is 0 Å². The standard InChI is InChI=1S/C8H14O3/c9-6-1-3-7(10)5-8(11)4-2-6/h1,3,6-11H,2,4-5H2/b3-1+. The zero-order valence-corrected chi connectivity index (χ0v) is 6.35. The molecule has 0 aliphatic heterocycles. The second kappa shape index (κ2) is 3.85. The lowest BCUT2D eigenvalue weighted by molar-refractivity contribution is 0.0782. The molecular formula is C8H14O3. The summed E-state index contributed by atoms with van der Waals surface area (Å²) in [5.74, 6) is 0. The van der Waals surface area contributed by atoms with Gasteiger partial charge in [0, 0.05) is 6.42 Å².